The molecular formula is C10H11N3S. The molecular weight excluding hydrogens is 194 g/mol. The van der Waals surface area contributed by atoms with Gasteiger partial charge in [0.15, 0.2) is 5.17 Å². The van der Waals surface area contributed by atoms with Crippen LogP contribution in [0.2, 0.25) is 0 Å². The first-order chi connectivity index (χ1) is 6.84. The molecule has 0 saturated carbocycles. The Bertz CT molecular complexity index is 414. The van der Waals surface area contributed by atoms with Gasteiger partial charge in [-0.05, 0) is 36.4 Å². The molecule has 0 aliphatic carbocycles. The summed E-state index contributed by atoms with van der Waals surface area (Å²) >= 11 is 1.73. The third-order valence-corrected chi connectivity index (χ3v) is 3.57. The van der Waals surface area contributed by atoms with Crippen LogP contribution < -0.4 is 10.6 Å². The van der Waals surface area contributed by atoms with Gasteiger partial charge in [0.05, 0.1) is 5.69 Å². The second-order valence-electron chi connectivity index (χ2n) is 3.50. The van der Waals surface area contributed by atoms with Crippen molar-refractivity contribution in [2.45, 2.75) is 11.3 Å². The molecule has 0 amide bonds. The van der Waals surface area contributed by atoms with E-state index in [2.05, 4.69) is 16.0 Å². The van der Waals surface area contributed by atoms with E-state index in [1.165, 1.54) is 10.6 Å². The molecule has 0 radical (unpaired) electrons. The first-order valence-corrected chi connectivity index (χ1v) is 5.55. The molecule has 0 bridgehead atoms. The first kappa shape index (κ1) is 8.17. The fourth-order valence-electron chi connectivity index (χ4n) is 1.83. The number of amidine groups is 1. The summed E-state index contributed by atoms with van der Waals surface area (Å²) in [5.41, 5.74) is 7.85. The zero-order valence-electron chi connectivity index (χ0n) is 7.73. The first-order valence-electron chi connectivity index (χ1n) is 4.74. The van der Waals surface area contributed by atoms with Crippen LogP contribution in [0.15, 0.2) is 28.1 Å². The van der Waals surface area contributed by atoms with Gasteiger partial charge in [-0.2, -0.15) is 0 Å². The number of fused-ring (bicyclic) bond motifs is 3. The lowest BCUT2D eigenvalue weighted by Gasteiger charge is -2.22. The fourth-order valence-corrected chi connectivity index (χ4v) is 2.96. The highest BCUT2D eigenvalue weighted by molar-refractivity contribution is 8.14. The SMILES string of the molecule is Nc1ccc2c(c1)SC1=NCCCN12. The Morgan fingerprint density at radius 3 is 3.29 bits per heavy atom. The molecule has 4 heteroatoms. The van der Waals surface area contributed by atoms with Crippen molar-refractivity contribution in [3.63, 3.8) is 0 Å². The largest absolute Gasteiger partial charge is 0.399 e. The second kappa shape index (κ2) is 2.92. The minimum atomic E-state index is 0.830. The minimum Gasteiger partial charge on any atom is -0.399 e. The van der Waals surface area contributed by atoms with Gasteiger partial charge in [-0.3, -0.25) is 4.99 Å². The molecule has 1 aromatic carbocycles. The second-order valence-corrected chi connectivity index (χ2v) is 4.51. The summed E-state index contributed by atoms with van der Waals surface area (Å²) in [5, 5.41) is 1.14. The van der Waals surface area contributed by atoms with Crippen LogP contribution in [0.5, 0.6) is 0 Å². The Kier molecular flexibility index (Phi) is 1.70. The number of hydrogen-bond donors (Lipinski definition) is 1. The number of benzene rings is 1. The lowest BCUT2D eigenvalue weighted by Crippen LogP contribution is -2.30. The molecule has 2 aliphatic rings. The third-order valence-electron chi connectivity index (χ3n) is 2.49. The molecule has 0 spiro atoms. The molecule has 1 aromatic rings. The normalized spacial score (nSPS) is 18.9. The number of anilines is 2. The van der Waals surface area contributed by atoms with Crippen molar-refractivity contribution in [1.82, 2.24) is 0 Å². The Morgan fingerprint density at radius 1 is 1.43 bits per heavy atom. The Hall–Kier alpha value is -1.16. The van der Waals surface area contributed by atoms with Gasteiger partial charge in [-0.15, -0.1) is 0 Å². The van der Waals surface area contributed by atoms with Crippen LogP contribution in [0.4, 0.5) is 11.4 Å². The van der Waals surface area contributed by atoms with Gasteiger partial charge in [-0.25, -0.2) is 0 Å². The number of nitrogens with zero attached hydrogens (tertiary/aromatic N) is 2. The monoisotopic (exact) mass is 205 g/mol. The van der Waals surface area contributed by atoms with Crippen molar-refractivity contribution in [3.05, 3.63) is 18.2 Å². The number of nitrogens with two attached hydrogens (primary N) is 1. The number of hydrogen-bond acceptors (Lipinski definition) is 4. The molecule has 2 heterocycles. The van der Waals surface area contributed by atoms with E-state index in [0.29, 0.717) is 0 Å². The predicted octanol–water partition coefficient (Wildman–Crippen LogP) is 1.94. The zero-order chi connectivity index (χ0) is 9.54. The molecule has 2 N–H and O–H groups in total. The Labute approximate surface area is 87.0 Å². The van der Waals surface area contributed by atoms with Crippen molar-refractivity contribution in [3.8, 4) is 0 Å². The third kappa shape index (κ3) is 1.10. The van der Waals surface area contributed by atoms with Gasteiger partial charge in [-0.1, -0.05) is 0 Å². The summed E-state index contributed by atoms with van der Waals surface area (Å²) < 4.78 is 0. The van der Waals surface area contributed by atoms with E-state index in [1.807, 2.05) is 12.1 Å². The quantitative estimate of drug-likeness (QED) is 0.658. The van der Waals surface area contributed by atoms with Crippen LogP contribution in [-0.4, -0.2) is 18.3 Å². The molecule has 2 aliphatic heterocycles. The fraction of sp³-hybridized carbons (Fsp3) is 0.300. The van der Waals surface area contributed by atoms with E-state index in [0.717, 1.165) is 30.4 Å². The predicted molar refractivity (Wildman–Crippen MR) is 61.0 cm³/mol. The number of aliphatic imine (C=N–C) groups is 1. The lowest BCUT2D eigenvalue weighted by atomic mass is 10.2. The van der Waals surface area contributed by atoms with E-state index in [9.17, 15) is 0 Å². The molecule has 3 nitrogen and oxygen atoms in total. The molecule has 3 rings (SSSR count). The number of rotatable bonds is 0. The van der Waals surface area contributed by atoms with Gasteiger partial charge in [0.2, 0.25) is 0 Å². The molecule has 0 atom stereocenters. The lowest BCUT2D eigenvalue weighted by molar-refractivity contribution is 0.798. The number of nitrogen functional groups attached to an aromatic ring is 1. The summed E-state index contributed by atoms with van der Waals surface area (Å²) in [6.07, 6.45) is 1.15. The van der Waals surface area contributed by atoms with E-state index in [4.69, 9.17) is 5.73 Å². The van der Waals surface area contributed by atoms with Crippen molar-refractivity contribution in [2.24, 2.45) is 4.99 Å². The smallest absolute Gasteiger partial charge is 0.168 e. The highest BCUT2D eigenvalue weighted by Gasteiger charge is 2.27. The standard InChI is InChI=1S/C10H11N3S/c11-7-2-3-8-9(6-7)14-10-12-4-1-5-13(8)10/h2-3,6H,1,4-5,11H2. The maximum absolute atomic E-state index is 5.75. The van der Waals surface area contributed by atoms with Crippen LogP contribution in [0, 0.1) is 0 Å². The van der Waals surface area contributed by atoms with Crippen LogP contribution in [-0.2, 0) is 0 Å². The van der Waals surface area contributed by atoms with Gasteiger partial charge >= 0.3 is 0 Å². The summed E-state index contributed by atoms with van der Waals surface area (Å²) in [5.74, 6) is 0. The average molecular weight is 205 g/mol. The van der Waals surface area contributed by atoms with Crippen LogP contribution in [0.25, 0.3) is 0 Å². The average Bonchev–Trinajstić information content (AvgIpc) is 2.54. The van der Waals surface area contributed by atoms with Crippen molar-refractivity contribution in [1.29, 1.82) is 0 Å². The summed E-state index contributed by atoms with van der Waals surface area (Å²) in [6.45, 7) is 2.05. The van der Waals surface area contributed by atoms with Crippen molar-refractivity contribution in [2.75, 3.05) is 23.7 Å². The van der Waals surface area contributed by atoms with Crippen molar-refractivity contribution >= 4 is 28.3 Å². The van der Waals surface area contributed by atoms with Gasteiger partial charge in [0.25, 0.3) is 0 Å². The maximum Gasteiger partial charge on any atom is 0.168 e. The summed E-state index contributed by atoms with van der Waals surface area (Å²) in [7, 11) is 0. The molecule has 14 heavy (non-hydrogen) atoms. The van der Waals surface area contributed by atoms with E-state index in [-0.39, 0.29) is 0 Å². The molecule has 72 valence electrons. The summed E-state index contributed by atoms with van der Waals surface area (Å²) in [6, 6.07) is 6.07. The van der Waals surface area contributed by atoms with Crippen molar-refractivity contribution < 1.29 is 0 Å². The van der Waals surface area contributed by atoms with E-state index < -0.39 is 0 Å². The Morgan fingerprint density at radius 2 is 2.36 bits per heavy atom. The maximum atomic E-state index is 5.75. The van der Waals surface area contributed by atoms with Crippen LogP contribution in [0.1, 0.15) is 6.42 Å². The van der Waals surface area contributed by atoms with Crippen LogP contribution >= 0.6 is 11.8 Å². The highest BCUT2D eigenvalue weighted by Crippen LogP contribution is 2.42. The van der Waals surface area contributed by atoms with Gasteiger partial charge < -0.3 is 10.6 Å². The Balaban J connectivity index is 2.10. The molecule has 0 fully saturated rings. The van der Waals surface area contributed by atoms with E-state index >= 15 is 0 Å². The number of thioether (sulfide) groups is 1. The van der Waals surface area contributed by atoms with Gasteiger partial charge in [0, 0.05) is 23.7 Å². The molecule has 0 aromatic heterocycles. The molecule has 0 unspecified atom stereocenters. The topological polar surface area (TPSA) is 41.6 Å². The van der Waals surface area contributed by atoms with Gasteiger partial charge in [0.1, 0.15) is 0 Å². The minimum absolute atomic E-state index is 0.830. The highest BCUT2D eigenvalue weighted by atomic mass is 32.2. The molecule has 0 saturated heterocycles. The van der Waals surface area contributed by atoms with E-state index in [1.54, 1.807) is 11.8 Å². The van der Waals surface area contributed by atoms with Crippen LogP contribution in [0.3, 0.4) is 0 Å². The summed E-state index contributed by atoms with van der Waals surface area (Å²) in [4.78, 5) is 8.02. The zero-order valence-corrected chi connectivity index (χ0v) is 8.55.